The number of hydrogen-bond acceptors (Lipinski definition) is 6. The first-order valence-corrected chi connectivity index (χ1v) is 12.6. The van der Waals surface area contributed by atoms with Gasteiger partial charge in [0, 0.05) is 31.1 Å². The molecule has 2 aliphatic rings. The van der Waals surface area contributed by atoms with Crippen LogP contribution in [0.5, 0.6) is 0 Å². The molecule has 2 fully saturated rings. The van der Waals surface area contributed by atoms with Crippen LogP contribution in [0.2, 0.25) is 0 Å². The van der Waals surface area contributed by atoms with Gasteiger partial charge in [-0.15, -0.1) is 11.3 Å². The number of nitrogens with zero attached hydrogens (tertiary/aromatic N) is 2. The van der Waals surface area contributed by atoms with Gasteiger partial charge in [-0.25, -0.2) is 8.42 Å². The average Bonchev–Trinajstić information content (AvgIpc) is 3.21. The summed E-state index contributed by atoms with van der Waals surface area (Å²) in [6, 6.07) is 8.79. The predicted molar refractivity (Wildman–Crippen MR) is 119 cm³/mol. The van der Waals surface area contributed by atoms with Gasteiger partial charge in [0.05, 0.1) is 34.4 Å². The highest BCUT2D eigenvalue weighted by molar-refractivity contribution is 7.89. The molecule has 1 N–H and O–H groups in total. The third kappa shape index (κ3) is 4.54. The Morgan fingerprint density at radius 2 is 1.77 bits per heavy atom. The molecule has 0 radical (unpaired) electrons. The molecule has 2 aliphatic heterocycles. The van der Waals surface area contributed by atoms with Gasteiger partial charge in [0.1, 0.15) is 0 Å². The van der Waals surface area contributed by atoms with Crippen LogP contribution in [-0.4, -0.2) is 58.0 Å². The first-order valence-electron chi connectivity index (χ1n) is 10.3. The molecule has 0 saturated carbocycles. The van der Waals surface area contributed by atoms with Crippen LogP contribution in [0, 0.1) is 6.92 Å². The smallest absolute Gasteiger partial charge is 0.265 e. The fourth-order valence-corrected chi connectivity index (χ4v) is 6.06. The first-order chi connectivity index (χ1) is 14.4. The highest BCUT2D eigenvalue weighted by Gasteiger charge is 2.28. The number of carbonyl (C=O) groups excluding carboxylic acids is 1. The van der Waals surface area contributed by atoms with E-state index in [1.165, 1.54) is 22.1 Å². The van der Waals surface area contributed by atoms with E-state index in [2.05, 4.69) is 10.2 Å². The quantitative estimate of drug-likeness (QED) is 0.758. The fraction of sp³-hybridized carbons (Fsp3) is 0.476. The Morgan fingerprint density at radius 1 is 1.03 bits per heavy atom. The number of carbonyl (C=O) groups is 1. The molecule has 9 heteroatoms. The highest BCUT2D eigenvalue weighted by Crippen LogP contribution is 2.33. The van der Waals surface area contributed by atoms with Crippen molar-refractivity contribution in [1.82, 2.24) is 4.31 Å². The summed E-state index contributed by atoms with van der Waals surface area (Å²) in [5.74, 6) is -0.215. The Bertz CT molecular complexity index is 1010. The number of benzene rings is 1. The van der Waals surface area contributed by atoms with Crippen molar-refractivity contribution in [2.24, 2.45) is 0 Å². The predicted octanol–water partition coefficient (Wildman–Crippen LogP) is 3.32. The van der Waals surface area contributed by atoms with Crippen LogP contribution < -0.4 is 10.2 Å². The Hall–Kier alpha value is -1.94. The molecule has 0 aliphatic carbocycles. The second-order valence-corrected chi connectivity index (χ2v) is 10.8. The van der Waals surface area contributed by atoms with Gasteiger partial charge >= 0.3 is 0 Å². The number of sulfonamides is 1. The van der Waals surface area contributed by atoms with E-state index < -0.39 is 10.0 Å². The molecular formula is C21H27N3O4S2. The molecule has 1 aromatic carbocycles. The SMILES string of the molecule is Cc1ccc(C(=O)Nc2cc(S(=O)(=O)N3CCOCC3)ccc2N2CCCCC2)s1. The van der Waals surface area contributed by atoms with Crippen LogP contribution in [0.1, 0.15) is 33.8 Å². The summed E-state index contributed by atoms with van der Waals surface area (Å²) in [6.07, 6.45) is 3.37. The van der Waals surface area contributed by atoms with Gasteiger partial charge in [0.25, 0.3) is 5.91 Å². The second-order valence-electron chi connectivity index (χ2n) is 7.61. The zero-order valence-corrected chi connectivity index (χ0v) is 18.7. The number of hydrogen-bond donors (Lipinski definition) is 1. The lowest BCUT2D eigenvalue weighted by atomic mass is 10.1. The van der Waals surface area contributed by atoms with E-state index in [1.54, 1.807) is 18.2 Å². The van der Waals surface area contributed by atoms with Crippen molar-refractivity contribution in [3.8, 4) is 0 Å². The molecule has 1 aromatic heterocycles. The largest absolute Gasteiger partial charge is 0.379 e. The molecule has 2 aromatic rings. The van der Waals surface area contributed by atoms with Crippen molar-refractivity contribution in [3.63, 3.8) is 0 Å². The van der Waals surface area contributed by atoms with Crippen molar-refractivity contribution in [1.29, 1.82) is 0 Å². The van der Waals surface area contributed by atoms with Gasteiger partial charge in [0.2, 0.25) is 10.0 Å². The van der Waals surface area contributed by atoms with Gasteiger partial charge in [-0.2, -0.15) is 4.31 Å². The Labute approximate surface area is 181 Å². The first kappa shape index (κ1) is 21.3. The summed E-state index contributed by atoms with van der Waals surface area (Å²) in [5, 5.41) is 2.98. The van der Waals surface area contributed by atoms with E-state index in [1.807, 2.05) is 19.1 Å². The van der Waals surface area contributed by atoms with Crippen LogP contribution in [0.3, 0.4) is 0 Å². The monoisotopic (exact) mass is 449 g/mol. The number of anilines is 2. The van der Waals surface area contributed by atoms with Gasteiger partial charge in [0.15, 0.2) is 0 Å². The molecule has 2 saturated heterocycles. The summed E-state index contributed by atoms with van der Waals surface area (Å²) < 4.78 is 33.0. The molecule has 0 bridgehead atoms. The molecule has 3 heterocycles. The van der Waals surface area contributed by atoms with Gasteiger partial charge in [-0.05, 0) is 56.5 Å². The number of morpholine rings is 1. The van der Waals surface area contributed by atoms with Gasteiger partial charge in [-0.3, -0.25) is 4.79 Å². The molecule has 7 nitrogen and oxygen atoms in total. The zero-order valence-electron chi connectivity index (χ0n) is 17.1. The highest BCUT2D eigenvalue weighted by atomic mass is 32.2. The standard InChI is InChI=1S/C21H27N3O4S2/c1-16-5-8-20(29-16)21(25)22-18-15-17(30(26,27)24-11-13-28-14-12-24)6-7-19(18)23-9-3-2-4-10-23/h5-8,15H,2-4,9-14H2,1H3,(H,22,25). The van der Waals surface area contributed by atoms with E-state index in [-0.39, 0.29) is 10.8 Å². The second kappa shape index (κ2) is 9.05. The van der Waals surface area contributed by atoms with E-state index in [4.69, 9.17) is 4.74 Å². The summed E-state index contributed by atoms with van der Waals surface area (Å²) in [7, 11) is -3.64. The molecule has 1 amide bonds. The minimum atomic E-state index is -3.64. The van der Waals surface area contributed by atoms with E-state index in [0.29, 0.717) is 36.9 Å². The van der Waals surface area contributed by atoms with Crippen molar-refractivity contribution < 1.29 is 17.9 Å². The summed E-state index contributed by atoms with van der Waals surface area (Å²) in [4.78, 5) is 16.9. The molecule has 0 spiro atoms. The Morgan fingerprint density at radius 3 is 2.43 bits per heavy atom. The normalized spacial score (nSPS) is 18.4. The third-order valence-electron chi connectivity index (χ3n) is 5.48. The lowest BCUT2D eigenvalue weighted by Gasteiger charge is -2.31. The lowest BCUT2D eigenvalue weighted by molar-refractivity contribution is 0.0730. The molecular weight excluding hydrogens is 422 g/mol. The number of nitrogens with one attached hydrogen (secondary N) is 1. The molecule has 162 valence electrons. The van der Waals surface area contributed by atoms with Crippen molar-refractivity contribution in [3.05, 3.63) is 40.1 Å². The molecule has 4 rings (SSSR count). The summed E-state index contributed by atoms with van der Waals surface area (Å²) in [5.41, 5.74) is 1.42. The van der Waals surface area contributed by atoms with Crippen LogP contribution in [-0.2, 0) is 14.8 Å². The minimum absolute atomic E-state index is 0.197. The lowest BCUT2D eigenvalue weighted by Crippen LogP contribution is -2.40. The maximum absolute atomic E-state index is 13.1. The molecule has 30 heavy (non-hydrogen) atoms. The van der Waals surface area contributed by atoms with E-state index in [9.17, 15) is 13.2 Å². The number of amides is 1. The minimum Gasteiger partial charge on any atom is -0.379 e. The van der Waals surface area contributed by atoms with Gasteiger partial charge < -0.3 is 15.0 Å². The summed E-state index contributed by atoms with van der Waals surface area (Å²) >= 11 is 1.42. The van der Waals surface area contributed by atoms with Crippen LogP contribution in [0.4, 0.5) is 11.4 Å². The van der Waals surface area contributed by atoms with Crippen LogP contribution in [0.15, 0.2) is 35.2 Å². The van der Waals surface area contributed by atoms with Crippen LogP contribution >= 0.6 is 11.3 Å². The van der Waals surface area contributed by atoms with Crippen molar-refractivity contribution >= 4 is 38.6 Å². The van der Waals surface area contributed by atoms with E-state index >= 15 is 0 Å². The fourth-order valence-electron chi connectivity index (χ4n) is 3.86. The number of piperidine rings is 1. The number of thiophene rings is 1. The van der Waals surface area contributed by atoms with E-state index in [0.717, 1.165) is 36.5 Å². The maximum atomic E-state index is 13.1. The molecule has 0 unspecified atom stereocenters. The van der Waals surface area contributed by atoms with Crippen molar-refractivity contribution in [2.45, 2.75) is 31.1 Å². The number of ether oxygens (including phenoxy) is 1. The summed E-state index contributed by atoms with van der Waals surface area (Å²) in [6.45, 7) is 5.22. The van der Waals surface area contributed by atoms with Gasteiger partial charge in [-0.1, -0.05) is 0 Å². The average molecular weight is 450 g/mol. The van der Waals surface area contributed by atoms with Crippen molar-refractivity contribution in [2.75, 3.05) is 49.6 Å². The number of aryl methyl sites for hydroxylation is 1. The Kier molecular flexibility index (Phi) is 6.43. The topological polar surface area (TPSA) is 79.0 Å². The molecule has 0 atom stereocenters. The number of rotatable bonds is 5. The Balaban J connectivity index is 1.68. The maximum Gasteiger partial charge on any atom is 0.265 e. The third-order valence-corrected chi connectivity index (χ3v) is 8.38. The van der Waals surface area contributed by atoms with Crippen LogP contribution in [0.25, 0.3) is 0 Å². The zero-order chi connectivity index (χ0) is 21.1.